The lowest BCUT2D eigenvalue weighted by Crippen LogP contribution is -2.35. The molecule has 2 rings (SSSR count). The fraction of sp³-hybridized carbons (Fsp3) is 0.346. The lowest BCUT2D eigenvalue weighted by Gasteiger charge is -2.26. The number of carbonyl (C=O) groups excluding carboxylic acids is 3. The van der Waals surface area contributed by atoms with Crippen LogP contribution in [0.1, 0.15) is 52.0 Å². The van der Waals surface area contributed by atoms with Gasteiger partial charge in [0.05, 0.1) is 6.04 Å². The minimum absolute atomic E-state index is 0.0157. The molecule has 0 saturated heterocycles. The minimum atomic E-state index is -0.306. The largest absolute Gasteiger partial charge is 0.333 e. The van der Waals surface area contributed by atoms with E-state index in [1.54, 1.807) is 24.3 Å². The quantitative estimate of drug-likeness (QED) is 0.400. The van der Waals surface area contributed by atoms with Gasteiger partial charge in [0.25, 0.3) is 5.91 Å². The standard InChI is InChI=1S/C26H31FN2O3/c1-5-21(19(4)30)9-8-16-28-25(31)11-7-10-24-18(3)23(6-2)26(32)29(24)17-20-12-14-22(27)15-13-20/h5,8-9,12-16,24H,1,6-7,10-11,17H2,2-4H3,(H,28,31)/b16-8+,21-9+. The lowest BCUT2D eigenvalue weighted by molar-refractivity contribution is -0.127. The first-order chi connectivity index (χ1) is 15.3. The summed E-state index contributed by atoms with van der Waals surface area (Å²) in [6, 6.07) is 6.11. The number of hydrogen-bond acceptors (Lipinski definition) is 3. The van der Waals surface area contributed by atoms with Crippen LogP contribution in [-0.2, 0) is 20.9 Å². The molecule has 170 valence electrons. The molecule has 32 heavy (non-hydrogen) atoms. The summed E-state index contributed by atoms with van der Waals surface area (Å²) in [6.45, 7) is 9.38. The van der Waals surface area contributed by atoms with Crippen LogP contribution >= 0.6 is 0 Å². The van der Waals surface area contributed by atoms with Crippen LogP contribution in [0.2, 0.25) is 0 Å². The number of amides is 2. The molecule has 1 aromatic carbocycles. The number of rotatable bonds is 11. The zero-order valence-corrected chi connectivity index (χ0v) is 19.0. The average molecular weight is 439 g/mol. The first-order valence-corrected chi connectivity index (χ1v) is 10.8. The normalized spacial score (nSPS) is 16.8. The second-order valence-corrected chi connectivity index (χ2v) is 7.79. The van der Waals surface area contributed by atoms with Crippen LogP contribution in [0, 0.1) is 5.82 Å². The smallest absolute Gasteiger partial charge is 0.250 e. The van der Waals surface area contributed by atoms with Gasteiger partial charge in [0.1, 0.15) is 5.82 Å². The molecule has 1 atom stereocenters. The van der Waals surface area contributed by atoms with Gasteiger partial charge in [0.2, 0.25) is 5.91 Å². The highest BCUT2D eigenvalue weighted by atomic mass is 19.1. The lowest BCUT2D eigenvalue weighted by atomic mass is 10.00. The second-order valence-electron chi connectivity index (χ2n) is 7.79. The van der Waals surface area contributed by atoms with Crippen LogP contribution in [0.15, 0.2) is 72.0 Å². The molecule has 6 heteroatoms. The number of benzene rings is 1. The van der Waals surface area contributed by atoms with Crippen LogP contribution in [0.25, 0.3) is 0 Å². The third kappa shape index (κ3) is 6.61. The number of carbonyl (C=O) groups is 3. The Morgan fingerprint density at radius 2 is 1.94 bits per heavy atom. The number of halogens is 1. The van der Waals surface area contributed by atoms with Gasteiger partial charge < -0.3 is 10.2 Å². The first kappa shape index (κ1) is 25.0. The molecule has 0 bridgehead atoms. The molecule has 1 aromatic rings. The molecule has 1 N–H and O–H groups in total. The molecule has 0 aromatic heterocycles. The monoisotopic (exact) mass is 438 g/mol. The van der Waals surface area contributed by atoms with E-state index >= 15 is 0 Å². The van der Waals surface area contributed by atoms with Gasteiger partial charge in [0.15, 0.2) is 5.78 Å². The average Bonchev–Trinajstić information content (AvgIpc) is 2.98. The van der Waals surface area contributed by atoms with Crippen molar-refractivity contribution in [1.82, 2.24) is 10.2 Å². The van der Waals surface area contributed by atoms with E-state index in [9.17, 15) is 18.8 Å². The SMILES string of the molecule is C=C/C(=C\C=C\NC(=O)CCCC1C(C)=C(CC)C(=O)N1Cc1ccc(F)cc1)C(C)=O. The van der Waals surface area contributed by atoms with Crippen LogP contribution in [0.3, 0.4) is 0 Å². The summed E-state index contributed by atoms with van der Waals surface area (Å²) in [5, 5.41) is 2.68. The molecule has 1 aliphatic rings. The maximum atomic E-state index is 13.2. The van der Waals surface area contributed by atoms with E-state index < -0.39 is 0 Å². The number of nitrogens with one attached hydrogen (secondary N) is 1. The summed E-state index contributed by atoms with van der Waals surface area (Å²) in [5.41, 5.74) is 3.21. The van der Waals surface area contributed by atoms with Crippen LogP contribution in [0.4, 0.5) is 4.39 Å². The highest BCUT2D eigenvalue weighted by molar-refractivity contribution is 5.97. The van der Waals surface area contributed by atoms with Crippen molar-refractivity contribution in [3.05, 3.63) is 83.4 Å². The Kier molecular flexibility index (Phi) is 9.32. The molecule has 0 aliphatic carbocycles. The van der Waals surface area contributed by atoms with Crippen molar-refractivity contribution in [3.8, 4) is 0 Å². The third-order valence-electron chi connectivity index (χ3n) is 5.61. The predicted molar refractivity (Wildman–Crippen MR) is 124 cm³/mol. The maximum absolute atomic E-state index is 13.2. The molecule has 1 unspecified atom stereocenters. The molecular weight excluding hydrogens is 407 g/mol. The van der Waals surface area contributed by atoms with Crippen molar-refractivity contribution in [3.63, 3.8) is 0 Å². The third-order valence-corrected chi connectivity index (χ3v) is 5.61. The van der Waals surface area contributed by atoms with Gasteiger partial charge in [-0.15, -0.1) is 0 Å². The fourth-order valence-electron chi connectivity index (χ4n) is 3.84. The van der Waals surface area contributed by atoms with Crippen molar-refractivity contribution in [2.45, 2.75) is 59.0 Å². The molecular formula is C26H31FN2O3. The summed E-state index contributed by atoms with van der Waals surface area (Å²) in [6.07, 6.45) is 8.41. The number of hydrogen-bond donors (Lipinski definition) is 1. The number of Topliss-reactive ketones (excluding diaryl/α,β-unsaturated/α-hetero) is 1. The Balaban J connectivity index is 1.94. The molecule has 1 heterocycles. The highest BCUT2D eigenvalue weighted by Crippen LogP contribution is 2.32. The van der Waals surface area contributed by atoms with E-state index in [0.717, 1.165) is 16.7 Å². The van der Waals surface area contributed by atoms with E-state index in [-0.39, 0.29) is 29.5 Å². The van der Waals surface area contributed by atoms with Gasteiger partial charge in [-0.05, 0) is 62.5 Å². The van der Waals surface area contributed by atoms with Crippen LogP contribution in [0.5, 0.6) is 0 Å². The van der Waals surface area contributed by atoms with Crippen molar-refractivity contribution in [2.75, 3.05) is 0 Å². The summed E-state index contributed by atoms with van der Waals surface area (Å²) in [4.78, 5) is 38.2. The highest BCUT2D eigenvalue weighted by Gasteiger charge is 2.35. The van der Waals surface area contributed by atoms with E-state index in [1.807, 2.05) is 18.7 Å². The molecule has 5 nitrogen and oxygen atoms in total. The van der Waals surface area contributed by atoms with Crippen molar-refractivity contribution >= 4 is 17.6 Å². The van der Waals surface area contributed by atoms with Gasteiger partial charge in [-0.1, -0.05) is 37.8 Å². The summed E-state index contributed by atoms with van der Waals surface area (Å²) < 4.78 is 13.2. The maximum Gasteiger partial charge on any atom is 0.250 e. The molecule has 1 aliphatic heterocycles. The molecule has 0 radical (unpaired) electrons. The topological polar surface area (TPSA) is 66.5 Å². The molecule has 0 spiro atoms. The van der Waals surface area contributed by atoms with Gasteiger partial charge >= 0.3 is 0 Å². The van der Waals surface area contributed by atoms with E-state index in [4.69, 9.17) is 0 Å². The summed E-state index contributed by atoms with van der Waals surface area (Å²) >= 11 is 0. The second kappa shape index (κ2) is 11.9. The van der Waals surface area contributed by atoms with Gasteiger partial charge in [0, 0.05) is 30.3 Å². The Morgan fingerprint density at radius 1 is 1.25 bits per heavy atom. The summed E-state index contributed by atoms with van der Waals surface area (Å²) in [5.74, 6) is -0.521. The zero-order chi connectivity index (χ0) is 23.7. The fourth-order valence-corrected chi connectivity index (χ4v) is 3.84. The molecule has 0 saturated carbocycles. The predicted octanol–water partition coefficient (Wildman–Crippen LogP) is 4.76. The Bertz CT molecular complexity index is 958. The Labute approximate surface area is 189 Å². The number of nitrogens with zero attached hydrogens (tertiary/aromatic N) is 1. The van der Waals surface area contributed by atoms with E-state index in [0.29, 0.717) is 37.8 Å². The van der Waals surface area contributed by atoms with Crippen LogP contribution < -0.4 is 5.32 Å². The molecule has 2 amide bonds. The number of ketones is 1. The van der Waals surface area contributed by atoms with E-state index in [1.165, 1.54) is 31.3 Å². The van der Waals surface area contributed by atoms with Crippen molar-refractivity contribution in [2.24, 2.45) is 0 Å². The van der Waals surface area contributed by atoms with Gasteiger partial charge in [-0.3, -0.25) is 14.4 Å². The Morgan fingerprint density at radius 3 is 2.53 bits per heavy atom. The summed E-state index contributed by atoms with van der Waals surface area (Å²) in [7, 11) is 0. The molecule has 0 fully saturated rings. The zero-order valence-electron chi connectivity index (χ0n) is 19.0. The van der Waals surface area contributed by atoms with Crippen molar-refractivity contribution in [1.29, 1.82) is 0 Å². The van der Waals surface area contributed by atoms with Gasteiger partial charge in [-0.25, -0.2) is 4.39 Å². The number of allylic oxidation sites excluding steroid dienone is 4. The first-order valence-electron chi connectivity index (χ1n) is 10.8. The van der Waals surface area contributed by atoms with Crippen molar-refractivity contribution < 1.29 is 18.8 Å². The van der Waals surface area contributed by atoms with Crippen LogP contribution in [-0.4, -0.2) is 28.5 Å². The Hall–Kier alpha value is -3.28. The minimum Gasteiger partial charge on any atom is -0.333 e. The van der Waals surface area contributed by atoms with E-state index in [2.05, 4.69) is 11.9 Å². The van der Waals surface area contributed by atoms with Gasteiger partial charge in [-0.2, -0.15) is 0 Å².